The first-order chi connectivity index (χ1) is 14.9. The van der Waals surface area contributed by atoms with Crippen LogP contribution in [-0.4, -0.2) is 35.1 Å². The number of benzene rings is 2. The third-order valence-electron chi connectivity index (χ3n) is 5.75. The molecule has 2 amide bonds. The summed E-state index contributed by atoms with van der Waals surface area (Å²) in [5, 5.41) is 6.55. The quantitative estimate of drug-likeness (QED) is 0.619. The van der Waals surface area contributed by atoms with Crippen LogP contribution < -0.4 is 10.6 Å². The summed E-state index contributed by atoms with van der Waals surface area (Å²) in [6.45, 7) is 5.80. The molecule has 31 heavy (non-hydrogen) atoms. The van der Waals surface area contributed by atoms with Crippen LogP contribution in [0.25, 0.3) is 10.9 Å². The van der Waals surface area contributed by atoms with Crippen LogP contribution in [0.3, 0.4) is 0 Å². The maximum atomic E-state index is 13.9. The highest BCUT2D eigenvalue weighted by Gasteiger charge is 2.30. The number of nitrogens with zero attached hydrogens (tertiary/aromatic N) is 1. The predicted octanol–water partition coefficient (Wildman–Crippen LogP) is 4.35. The smallest absolute Gasteiger partial charge is 0.268 e. The minimum absolute atomic E-state index is 0.0172. The van der Waals surface area contributed by atoms with Gasteiger partial charge < -0.3 is 19.9 Å². The Balaban J connectivity index is 1.55. The summed E-state index contributed by atoms with van der Waals surface area (Å²) in [5.41, 5.74) is 1.64. The van der Waals surface area contributed by atoms with Gasteiger partial charge in [0.1, 0.15) is 11.5 Å². The lowest BCUT2D eigenvalue weighted by atomic mass is 10.0. The molecule has 2 aromatic carbocycles. The van der Waals surface area contributed by atoms with Crippen LogP contribution in [0, 0.1) is 5.82 Å². The number of nitrogens with one attached hydrogen (secondary N) is 2. The number of hydrogen-bond acceptors (Lipinski definition) is 3. The number of aryl methyl sites for hydroxylation is 1. The molecular weight excluding hydrogens is 397 g/mol. The van der Waals surface area contributed by atoms with E-state index in [-0.39, 0.29) is 17.1 Å². The number of halogens is 1. The number of amides is 2. The van der Waals surface area contributed by atoms with E-state index in [1.165, 1.54) is 18.2 Å². The van der Waals surface area contributed by atoms with Gasteiger partial charge in [0, 0.05) is 36.3 Å². The Morgan fingerprint density at radius 3 is 2.68 bits per heavy atom. The van der Waals surface area contributed by atoms with Gasteiger partial charge in [0.2, 0.25) is 0 Å². The zero-order valence-corrected chi connectivity index (χ0v) is 17.7. The largest absolute Gasteiger partial charge is 0.373 e. The first-order valence-electron chi connectivity index (χ1n) is 10.5. The van der Waals surface area contributed by atoms with Crippen LogP contribution in [0.2, 0.25) is 0 Å². The van der Waals surface area contributed by atoms with Gasteiger partial charge >= 0.3 is 0 Å². The highest BCUT2D eigenvalue weighted by atomic mass is 19.1. The van der Waals surface area contributed by atoms with Crippen LogP contribution in [0.5, 0.6) is 0 Å². The minimum Gasteiger partial charge on any atom is -0.373 e. The molecule has 1 saturated heterocycles. The molecule has 4 rings (SSSR count). The maximum absolute atomic E-state index is 13.9. The second kappa shape index (κ2) is 8.51. The van der Waals surface area contributed by atoms with E-state index >= 15 is 0 Å². The summed E-state index contributed by atoms with van der Waals surface area (Å²) in [6, 6.07) is 13.1. The second-order valence-corrected chi connectivity index (χ2v) is 8.07. The number of fused-ring (bicyclic) bond motifs is 1. The average molecular weight is 423 g/mol. The van der Waals surface area contributed by atoms with Gasteiger partial charge in [0.05, 0.1) is 11.2 Å². The van der Waals surface area contributed by atoms with Crippen molar-refractivity contribution < 1.29 is 18.7 Å². The van der Waals surface area contributed by atoms with Gasteiger partial charge in [-0.2, -0.15) is 0 Å². The molecule has 2 N–H and O–H groups in total. The standard InChI is InChI=1S/C24H26FN3O3/c1-3-28-20-10-9-17(27-22(29)18-7-4-5-8-19(18)25)13-16(20)14-21(28)23(30)26-15-24(2)11-6-12-31-24/h4-5,7-10,13-14H,3,6,11-12,15H2,1-2H3,(H,26,30)(H,27,29). The van der Waals surface area contributed by atoms with Gasteiger partial charge in [-0.25, -0.2) is 4.39 Å². The Hall–Kier alpha value is -3.19. The summed E-state index contributed by atoms with van der Waals surface area (Å²) in [5.74, 6) is -1.25. The number of ether oxygens (including phenoxy) is 1. The van der Waals surface area contributed by atoms with E-state index in [0.717, 1.165) is 30.4 Å². The molecule has 2 heterocycles. The minimum atomic E-state index is -0.572. The summed E-state index contributed by atoms with van der Waals surface area (Å²) in [4.78, 5) is 25.3. The molecule has 1 aliphatic heterocycles. The van der Waals surface area contributed by atoms with E-state index in [4.69, 9.17) is 4.74 Å². The van der Waals surface area contributed by atoms with Crippen LogP contribution in [0.15, 0.2) is 48.5 Å². The van der Waals surface area contributed by atoms with Crippen molar-refractivity contribution in [2.75, 3.05) is 18.5 Å². The van der Waals surface area contributed by atoms with Crippen molar-refractivity contribution in [3.05, 3.63) is 65.6 Å². The Labute approximate surface area is 180 Å². The van der Waals surface area contributed by atoms with Crippen molar-refractivity contribution in [2.24, 2.45) is 0 Å². The van der Waals surface area contributed by atoms with Crippen molar-refractivity contribution in [1.29, 1.82) is 0 Å². The molecule has 1 aliphatic rings. The maximum Gasteiger partial charge on any atom is 0.268 e. The molecule has 1 atom stereocenters. The van der Waals surface area contributed by atoms with E-state index < -0.39 is 11.7 Å². The van der Waals surface area contributed by atoms with Crippen molar-refractivity contribution in [2.45, 2.75) is 38.8 Å². The molecule has 3 aromatic rings. The molecule has 0 bridgehead atoms. The van der Waals surface area contributed by atoms with Crippen LogP contribution in [0.4, 0.5) is 10.1 Å². The van der Waals surface area contributed by atoms with E-state index in [1.54, 1.807) is 18.2 Å². The number of carbonyl (C=O) groups is 2. The van der Waals surface area contributed by atoms with Gasteiger partial charge in [-0.3, -0.25) is 9.59 Å². The Kier molecular flexibility index (Phi) is 5.78. The molecule has 7 heteroatoms. The molecule has 0 saturated carbocycles. The molecule has 0 aliphatic carbocycles. The highest BCUT2D eigenvalue weighted by Crippen LogP contribution is 2.26. The molecule has 6 nitrogen and oxygen atoms in total. The number of carbonyl (C=O) groups excluding carboxylic acids is 2. The third kappa shape index (κ3) is 4.32. The van der Waals surface area contributed by atoms with E-state index in [9.17, 15) is 14.0 Å². The summed E-state index contributed by atoms with van der Waals surface area (Å²) in [6.07, 6.45) is 1.93. The monoisotopic (exact) mass is 423 g/mol. The zero-order valence-electron chi connectivity index (χ0n) is 17.7. The first-order valence-corrected chi connectivity index (χ1v) is 10.5. The van der Waals surface area contributed by atoms with Gasteiger partial charge in [-0.1, -0.05) is 12.1 Å². The molecule has 0 radical (unpaired) electrons. The van der Waals surface area contributed by atoms with Crippen molar-refractivity contribution in [1.82, 2.24) is 9.88 Å². The SMILES string of the molecule is CCn1c(C(=O)NCC2(C)CCCO2)cc2cc(NC(=O)c3ccccc3F)ccc21. The lowest BCUT2D eigenvalue weighted by Gasteiger charge is -2.23. The third-order valence-corrected chi connectivity index (χ3v) is 5.75. The van der Waals surface area contributed by atoms with E-state index in [0.29, 0.717) is 24.5 Å². The topological polar surface area (TPSA) is 72.4 Å². The molecule has 1 fully saturated rings. The fourth-order valence-corrected chi connectivity index (χ4v) is 4.06. The van der Waals surface area contributed by atoms with Gasteiger partial charge in [0.25, 0.3) is 11.8 Å². The van der Waals surface area contributed by atoms with Crippen molar-refractivity contribution in [3.63, 3.8) is 0 Å². The number of hydrogen-bond donors (Lipinski definition) is 2. The Morgan fingerprint density at radius 2 is 1.97 bits per heavy atom. The van der Waals surface area contributed by atoms with Crippen molar-refractivity contribution >= 4 is 28.4 Å². The molecule has 1 aromatic heterocycles. The van der Waals surface area contributed by atoms with E-state index in [1.807, 2.05) is 30.5 Å². The number of rotatable bonds is 6. The number of anilines is 1. The lowest BCUT2D eigenvalue weighted by Crippen LogP contribution is -2.40. The van der Waals surface area contributed by atoms with Gasteiger partial charge in [0.15, 0.2) is 0 Å². The fourth-order valence-electron chi connectivity index (χ4n) is 4.06. The highest BCUT2D eigenvalue weighted by molar-refractivity contribution is 6.06. The molecular formula is C24H26FN3O3. The summed E-state index contributed by atoms with van der Waals surface area (Å²) < 4.78 is 21.6. The van der Waals surface area contributed by atoms with Gasteiger partial charge in [-0.05, 0) is 63.1 Å². The first kappa shape index (κ1) is 21.1. The van der Waals surface area contributed by atoms with E-state index in [2.05, 4.69) is 10.6 Å². The van der Waals surface area contributed by atoms with Crippen LogP contribution >= 0.6 is 0 Å². The summed E-state index contributed by atoms with van der Waals surface area (Å²) >= 11 is 0. The van der Waals surface area contributed by atoms with Crippen molar-refractivity contribution in [3.8, 4) is 0 Å². The van der Waals surface area contributed by atoms with Crippen LogP contribution in [0.1, 0.15) is 47.5 Å². The predicted molar refractivity (Wildman–Crippen MR) is 118 cm³/mol. The van der Waals surface area contributed by atoms with Gasteiger partial charge in [-0.15, -0.1) is 0 Å². The molecule has 162 valence electrons. The number of aromatic nitrogens is 1. The average Bonchev–Trinajstić information content (AvgIpc) is 3.35. The Morgan fingerprint density at radius 1 is 1.16 bits per heavy atom. The second-order valence-electron chi connectivity index (χ2n) is 8.07. The molecule has 0 spiro atoms. The molecule has 1 unspecified atom stereocenters. The normalized spacial score (nSPS) is 18.3. The van der Waals surface area contributed by atoms with Crippen LogP contribution in [-0.2, 0) is 11.3 Å². The Bertz CT molecular complexity index is 1130. The lowest BCUT2D eigenvalue weighted by molar-refractivity contribution is 0.0205. The fraction of sp³-hybridized carbons (Fsp3) is 0.333. The summed E-state index contributed by atoms with van der Waals surface area (Å²) in [7, 11) is 0. The zero-order chi connectivity index (χ0) is 22.0.